The first-order valence-corrected chi connectivity index (χ1v) is 10.2. The summed E-state index contributed by atoms with van der Waals surface area (Å²) in [5.74, 6) is 1.07. The van der Waals surface area contributed by atoms with Gasteiger partial charge in [0.2, 0.25) is 5.91 Å². The minimum absolute atomic E-state index is 0.0370. The number of thiophene rings is 1. The summed E-state index contributed by atoms with van der Waals surface area (Å²) in [6.07, 6.45) is 0. The number of aryl methyl sites for hydroxylation is 1. The van der Waals surface area contributed by atoms with Gasteiger partial charge in [0.15, 0.2) is 11.0 Å². The maximum absolute atomic E-state index is 11.5. The summed E-state index contributed by atoms with van der Waals surface area (Å²) >= 11 is 3.01. The zero-order valence-corrected chi connectivity index (χ0v) is 16.8. The number of nitrogens with one attached hydrogen (secondary N) is 1. The van der Waals surface area contributed by atoms with E-state index in [9.17, 15) is 4.79 Å². The second-order valence-electron chi connectivity index (χ2n) is 5.99. The summed E-state index contributed by atoms with van der Waals surface area (Å²) in [5.41, 5.74) is 2.01. The maximum atomic E-state index is 11.5. The predicted molar refractivity (Wildman–Crippen MR) is 108 cm³/mol. The Morgan fingerprint density at radius 2 is 2.04 bits per heavy atom. The van der Waals surface area contributed by atoms with Crippen LogP contribution in [0.4, 0.5) is 0 Å². The van der Waals surface area contributed by atoms with E-state index in [0.29, 0.717) is 10.9 Å². The number of aromatic nitrogens is 5. The van der Waals surface area contributed by atoms with E-state index in [2.05, 4.69) is 26.7 Å². The van der Waals surface area contributed by atoms with Crippen molar-refractivity contribution in [1.82, 2.24) is 29.9 Å². The number of para-hydroxylation sites is 1. The fraction of sp³-hybridized carbons (Fsp3) is 0.222. The van der Waals surface area contributed by atoms with Crippen LogP contribution in [0, 0.1) is 6.92 Å². The van der Waals surface area contributed by atoms with Crippen molar-refractivity contribution >= 4 is 39.2 Å². The van der Waals surface area contributed by atoms with E-state index < -0.39 is 0 Å². The second-order valence-corrected chi connectivity index (χ2v) is 7.96. The third-order valence-corrected chi connectivity index (χ3v) is 6.34. The van der Waals surface area contributed by atoms with Gasteiger partial charge in [0.1, 0.15) is 4.83 Å². The minimum atomic E-state index is -0.0370. The first-order chi connectivity index (χ1) is 13.1. The molecule has 0 unspecified atom stereocenters. The number of hydrogen-bond acceptors (Lipinski definition) is 6. The Morgan fingerprint density at radius 3 is 2.78 bits per heavy atom. The Kier molecular flexibility index (Phi) is 4.71. The normalized spacial score (nSPS) is 11.2. The van der Waals surface area contributed by atoms with E-state index in [1.54, 1.807) is 18.4 Å². The van der Waals surface area contributed by atoms with Crippen molar-refractivity contribution in [1.29, 1.82) is 0 Å². The molecule has 0 atom stereocenters. The molecule has 138 valence electrons. The molecule has 1 N–H and O–H groups in total. The number of rotatable bonds is 5. The quantitative estimate of drug-likeness (QED) is 0.523. The molecule has 0 aliphatic carbocycles. The van der Waals surface area contributed by atoms with Crippen LogP contribution in [0.5, 0.6) is 0 Å². The molecule has 0 saturated heterocycles. The Balaban J connectivity index is 1.71. The Bertz CT molecular complexity index is 1110. The third-order valence-electron chi connectivity index (χ3n) is 4.21. The number of hydrogen-bond donors (Lipinski definition) is 1. The van der Waals surface area contributed by atoms with E-state index in [4.69, 9.17) is 0 Å². The molecule has 0 radical (unpaired) electrons. The molecule has 0 bridgehead atoms. The zero-order valence-electron chi connectivity index (χ0n) is 15.1. The van der Waals surface area contributed by atoms with Gasteiger partial charge in [-0.2, -0.15) is 5.10 Å². The van der Waals surface area contributed by atoms with Gasteiger partial charge in [0, 0.05) is 19.5 Å². The third kappa shape index (κ3) is 3.24. The largest absolute Gasteiger partial charge is 0.358 e. The van der Waals surface area contributed by atoms with E-state index in [-0.39, 0.29) is 5.91 Å². The van der Waals surface area contributed by atoms with Gasteiger partial charge in [0.25, 0.3) is 0 Å². The molecule has 3 aromatic heterocycles. The van der Waals surface area contributed by atoms with Gasteiger partial charge >= 0.3 is 0 Å². The molecule has 4 rings (SSSR count). The van der Waals surface area contributed by atoms with Gasteiger partial charge in [-0.1, -0.05) is 30.0 Å². The van der Waals surface area contributed by atoms with Gasteiger partial charge in [-0.15, -0.1) is 21.5 Å². The molecule has 0 spiro atoms. The number of thioether (sulfide) groups is 1. The number of fused-ring (bicyclic) bond motifs is 1. The van der Waals surface area contributed by atoms with Gasteiger partial charge < -0.3 is 9.88 Å². The van der Waals surface area contributed by atoms with E-state index in [0.717, 1.165) is 32.3 Å². The number of benzene rings is 1. The highest BCUT2D eigenvalue weighted by molar-refractivity contribution is 7.99. The van der Waals surface area contributed by atoms with Crippen LogP contribution >= 0.6 is 23.1 Å². The SMILES string of the molecule is CNC(=O)CSc1nnc(-c2cc3c(C)nn(-c4ccccc4)c3s2)n1C. The average Bonchev–Trinajstić information content (AvgIpc) is 3.35. The zero-order chi connectivity index (χ0) is 19.0. The van der Waals surface area contributed by atoms with Gasteiger partial charge in [-0.05, 0) is 25.1 Å². The summed E-state index contributed by atoms with van der Waals surface area (Å²) in [6.45, 7) is 2.01. The Morgan fingerprint density at radius 1 is 1.26 bits per heavy atom. The maximum Gasteiger partial charge on any atom is 0.230 e. The molecule has 1 aromatic carbocycles. The fourth-order valence-corrected chi connectivity index (χ4v) is 4.75. The molecule has 0 aliphatic rings. The summed E-state index contributed by atoms with van der Waals surface area (Å²) in [5, 5.41) is 17.7. The van der Waals surface area contributed by atoms with Crippen LogP contribution in [-0.2, 0) is 11.8 Å². The van der Waals surface area contributed by atoms with Crippen molar-refractivity contribution in [3.05, 3.63) is 42.1 Å². The Labute approximate surface area is 164 Å². The lowest BCUT2D eigenvalue weighted by molar-refractivity contribution is -0.118. The van der Waals surface area contributed by atoms with Crippen LogP contribution in [-0.4, -0.2) is 43.3 Å². The molecular weight excluding hydrogens is 380 g/mol. The second kappa shape index (κ2) is 7.16. The Hall–Kier alpha value is -2.65. The smallest absolute Gasteiger partial charge is 0.230 e. The molecule has 3 heterocycles. The van der Waals surface area contributed by atoms with Crippen LogP contribution in [0.3, 0.4) is 0 Å². The van der Waals surface area contributed by atoms with Crippen LogP contribution in [0.25, 0.3) is 26.6 Å². The first kappa shape index (κ1) is 17.7. The lowest BCUT2D eigenvalue weighted by Gasteiger charge is -2.02. The molecule has 0 fully saturated rings. The lowest BCUT2D eigenvalue weighted by atomic mass is 10.3. The summed E-state index contributed by atoms with van der Waals surface area (Å²) < 4.78 is 3.89. The molecule has 1 amide bonds. The monoisotopic (exact) mass is 398 g/mol. The van der Waals surface area contributed by atoms with Crippen molar-refractivity contribution in [3.8, 4) is 16.4 Å². The number of carbonyl (C=O) groups excluding carboxylic acids is 1. The summed E-state index contributed by atoms with van der Waals surface area (Å²) in [4.78, 5) is 13.6. The molecule has 7 nitrogen and oxygen atoms in total. The molecule has 0 saturated carbocycles. The minimum Gasteiger partial charge on any atom is -0.358 e. The molecule has 27 heavy (non-hydrogen) atoms. The molecule has 9 heteroatoms. The summed E-state index contributed by atoms with van der Waals surface area (Å²) in [7, 11) is 3.54. The van der Waals surface area contributed by atoms with Crippen LogP contribution in [0.15, 0.2) is 41.6 Å². The van der Waals surface area contributed by atoms with Crippen LogP contribution < -0.4 is 5.32 Å². The molecular formula is C18H18N6OS2. The fourth-order valence-electron chi connectivity index (χ4n) is 2.76. The van der Waals surface area contributed by atoms with Crippen molar-refractivity contribution in [2.24, 2.45) is 7.05 Å². The molecule has 0 aliphatic heterocycles. The van der Waals surface area contributed by atoms with Gasteiger partial charge in [0.05, 0.1) is 22.0 Å². The highest BCUT2D eigenvalue weighted by Gasteiger charge is 2.18. The van der Waals surface area contributed by atoms with E-state index >= 15 is 0 Å². The predicted octanol–water partition coefficient (Wildman–Crippen LogP) is 3.03. The van der Waals surface area contributed by atoms with E-state index in [1.165, 1.54) is 11.8 Å². The van der Waals surface area contributed by atoms with Crippen molar-refractivity contribution < 1.29 is 4.79 Å². The highest BCUT2D eigenvalue weighted by atomic mass is 32.2. The number of carbonyl (C=O) groups is 1. The first-order valence-electron chi connectivity index (χ1n) is 8.36. The number of amides is 1. The standard InChI is InChI=1S/C18H18N6OS2/c1-11-13-9-14(16-20-21-18(23(16)3)26-10-15(25)19-2)27-17(13)24(22-11)12-7-5-4-6-8-12/h4-9H,10H2,1-3H3,(H,19,25). The van der Waals surface area contributed by atoms with Crippen molar-refractivity contribution in [3.63, 3.8) is 0 Å². The summed E-state index contributed by atoms with van der Waals surface area (Å²) in [6, 6.07) is 12.2. The van der Waals surface area contributed by atoms with E-state index in [1.807, 2.05) is 53.6 Å². The van der Waals surface area contributed by atoms with Gasteiger partial charge in [-0.3, -0.25) is 4.79 Å². The van der Waals surface area contributed by atoms with Crippen LogP contribution in [0.2, 0.25) is 0 Å². The van der Waals surface area contributed by atoms with Crippen LogP contribution in [0.1, 0.15) is 5.69 Å². The van der Waals surface area contributed by atoms with Crippen molar-refractivity contribution in [2.75, 3.05) is 12.8 Å². The van der Waals surface area contributed by atoms with Crippen molar-refractivity contribution in [2.45, 2.75) is 12.1 Å². The number of nitrogens with zero attached hydrogens (tertiary/aromatic N) is 5. The lowest BCUT2D eigenvalue weighted by Crippen LogP contribution is -2.20. The molecule has 4 aromatic rings. The van der Waals surface area contributed by atoms with Gasteiger partial charge in [-0.25, -0.2) is 4.68 Å². The average molecular weight is 399 g/mol. The highest BCUT2D eigenvalue weighted by Crippen LogP contribution is 2.36. The topological polar surface area (TPSA) is 77.6 Å².